The van der Waals surface area contributed by atoms with Crippen molar-refractivity contribution in [2.24, 2.45) is 0 Å². The van der Waals surface area contributed by atoms with E-state index in [-0.39, 0.29) is 24.1 Å². The molecule has 2 amide bonds. The molecule has 2 aromatic carbocycles. The van der Waals surface area contributed by atoms with Crippen LogP contribution in [0.4, 0.5) is 10.1 Å². The number of rotatable bonds is 5. The molecule has 4 rings (SSSR count). The van der Waals surface area contributed by atoms with Crippen molar-refractivity contribution in [2.45, 2.75) is 19.5 Å². The number of halogens is 1. The molecule has 136 valence electrons. The molecule has 6 heteroatoms. The van der Waals surface area contributed by atoms with Gasteiger partial charge in [0.25, 0.3) is 5.91 Å². The second-order valence-electron chi connectivity index (χ2n) is 6.39. The predicted molar refractivity (Wildman–Crippen MR) is 103 cm³/mol. The summed E-state index contributed by atoms with van der Waals surface area (Å²) >= 11 is 1.59. The summed E-state index contributed by atoms with van der Waals surface area (Å²) in [6.45, 7) is 0.874. The number of thiophene rings is 1. The lowest BCUT2D eigenvalue weighted by atomic mass is 10.1. The highest BCUT2D eigenvalue weighted by atomic mass is 32.1. The second kappa shape index (κ2) is 7.32. The van der Waals surface area contributed by atoms with Gasteiger partial charge in [-0.1, -0.05) is 18.2 Å². The minimum Gasteiger partial charge on any atom is -0.347 e. The molecule has 0 spiro atoms. The van der Waals surface area contributed by atoms with Gasteiger partial charge in [0.15, 0.2) is 0 Å². The SMILES string of the molecule is O=C(NCc1cccs1)c1ccc2c(c1)CC(=O)N2Cc1ccc(F)cc1. The van der Waals surface area contributed by atoms with Crippen LogP contribution in [-0.4, -0.2) is 11.8 Å². The summed E-state index contributed by atoms with van der Waals surface area (Å²) in [4.78, 5) is 27.6. The molecule has 3 aromatic rings. The van der Waals surface area contributed by atoms with E-state index >= 15 is 0 Å². The summed E-state index contributed by atoms with van der Waals surface area (Å²) in [5, 5.41) is 4.87. The van der Waals surface area contributed by atoms with Gasteiger partial charge in [0.2, 0.25) is 5.91 Å². The van der Waals surface area contributed by atoms with Gasteiger partial charge in [-0.25, -0.2) is 4.39 Å². The van der Waals surface area contributed by atoms with Crippen molar-refractivity contribution in [1.29, 1.82) is 0 Å². The minimum absolute atomic E-state index is 0.0227. The van der Waals surface area contributed by atoms with Gasteiger partial charge in [0.1, 0.15) is 5.82 Å². The molecular weight excluding hydrogens is 363 g/mol. The smallest absolute Gasteiger partial charge is 0.251 e. The lowest BCUT2D eigenvalue weighted by molar-refractivity contribution is -0.117. The molecule has 0 radical (unpaired) electrons. The van der Waals surface area contributed by atoms with E-state index in [1.807, 2.05) is 23.6 Å². The Balaban J connectivity index is 1.49. The van der Waals surface area contributed by atoms with Gasteiger partial charge in [-0.05, 0) is 52.9 Å². The van der Waals surface area contributed by atoms with E-state index in [1.54, 1.807) is 40.5 Å². The van der Waals surface area contributed by atoms with Gasteiger partial charge in [0, 0.05) is 16.1 Å². The largest absolute Gasteiger partial charge is 0.347 e. The van der Waals surface area contributed by atoms with Gasteiger partial charge in [-0.2, -0.15) is 0 Å². The zero-order chi connectivity index (χ0) is 18.8. The van der Waals surface area contributed by atoms with Crippen molar-refractivity contribution >= 4 is 28.8 Å². The van der Waals surface area contributed by atoms with E-state index < -0.39 is 0 Å². The Labute approximate surface area is 160 Å². The van der Waals surface area contributed by atoms with Gasteiger partial charge >= 0.3 is 0 Å². The number of benzene rings is 2. The Kier molecular flexibility index (Phi) is 4.73. The van der Waals surface area contributed by atoms with Crippen LogP contribution >= 0.6 is 11.3 Å². The van der Waals surface area contributed by atoms with Crippen LogP contribution in [0, 0.1) is 5.82 Å². The quantitative estimate of drug-likeness (QED) is 0.730. The number of nitrogens with one attached hydrogen (secondary N) is 1. The molecule has 0 saturated heterocycles. The Morgan fingerprint density at radius 2 is 1.96 bits per heavy atom. The van der Waals surface area contributed by atoms with Gasteiger partial charge in [-0.15, -0.1) is 11.3 Å². The van der Waals surface area contributed by atoms with E-state index in [9.17, 15) is 14.0 Å². The molecule has 1 aromatic heterocycles. The monoisotopic (exact) mass is 380 g/mol. The van der Waals surface area contributed by atoms with Crippen LogP contribution in [0.1, 0.15) is 26.4 Å². The van der Waals surface area contributed by atoms with E-state index in [0.717, 1.165) is 21.7 Å². The van der Waals surface area contributed by atoms with Crippen LogP contribution in [0.2, 0.25) is 0 Å². The minimum atomic E-state index is -0.301. The van der Waals surface area contributed by atoms with Crippen LogP contribution < -0.4 is 10.2 Å². The van der Waals surface area contributed by atoms with E-state index in [2.05, 4.69) is 5.32 Å². The fraction of sp³-hybridized carbons (Fsp3) is 0.143. The van der Waals surface area contributed by atoms with Crippen molar-refractivity contribution in [1.82, 2.24) is 5.32 Å². The first-order chi connectivity index (χ1) is 13.1. The molecule has 1 aliphatic heterocycles. The molecule has 27 heavy (non-hydrogen) atoms. The molecule has 1 N–H and O–H groups in total. The van der Waals surface area contributed by atoms with Crippen LogP contribution in [0.3, 0.4) is 0 Å². The zero-order valence-electron chi connectivity index (χ0n) is 14.4. The van der Waals surface area contributed by atoms with Crippen LogP contribution in [0.15, 0.2) is 60.0 Å². The first-order valence-electron chi connectivity index (χ1n) is 8.58. The average Bonchev–Trinajstić information content (AvgIpc) is 3.29. The van der Waals surface area contributed by atoms with Gasteiger partial charge in [-0.3, -0.25) is 9.59 Å². The van der Waals surface area contributed by atoms with Crippen molar-refractivity contribution in [3.05, 3.63) is 87.4 Å². The lowest BCUT2D eigenvalue weighted by Crippen LogP contribution is -2.26. The lowest BCUT2D eigenvalue weighted by Gasteiger charge is -2.18. The molecule has 0 saturated carbocycles. The Morgan fingerprint density at radius 1 is 1.15 bits per heavy atom. The van der Waals surface area contributed by atoms with Crippen LogP contribution in [0.25, 0.3) is 0 Å². The highest BCUT2D eigenvalue weighted by Gasteiger charge is 2.28. The average molecular weight is 380 g/mol. The summed E-state index contributed by atoms with van der Waals surface area (Å²) in [5.41, 5.74) is 3.04. The fourth-order valence-electron chi connectivity index (χ4n) is 3.15. The van der Waals surface area contributed by atoms with Crippen molar-refractivity contribution in [3.8, 4) is 0 Å². The standard InChI is InChI=1S/C21H17FN2O2S/c22-17-6-3-14(4-7-17)13-24-19-8-5-15(10-16(19)11-20(24)25)21(26)23-12-18-2-1-9-27-18/h1-10H,11-13H2,(H,23,26). The van der Waals surface area contributed by atoms with Crippen LogP contribution in [-0.2, 0) is 24.3 Å². The molecular formula is C21H17FN2O2S. The molecule has 0 fully saturated rings. The molecule has 4 nitrogen and oxygen atoms in total. The summed E-state index contributed by atoms with van der Waals surface area (Å²) < 4.78 is 13.1. The summed E-state index contributed by atoms with van der Waals surface area (Å²) in [5.74, 6) is -0.480. The third-order valence-electron chi connectivity index (χ3n) is 4.53. The second-order valence-corrected chi connectivity index (χ2v) is 7.42. The van der Waals surface area contributed by atoms with Crippen molar-refractivity contribution < 1.29 is 14.0 Å². The first-order valence-corrected chi connectivity index (χ1v) is 9.46. The number of nitrogens with zero attached hydrogens (tertiary/aromatic N) is 1. The van der Waals surface area contributed by atoms with E-state index in [0.29, 0.717) is 18.7 Å². The highest BCUT2D eigenvalue weighted by molar-refractivity contribution is 7.09. The third-order valence-corrected chi connectivity index (χ3v) is 5.41. The maximum atomic E-state index is 13.1. The summed E-state index contributed by atoms with van der Waals surface area (Å²) in [6, 6.07) is 15.4. The maximum Gasteiger partial charge on any atom is 0.251 e. The number of carbonyl (C=O) groups is 2. The summed E-state index contributed by atoms with van der Waals surface area (Å²) in [6.07, 6.45) is 0.266. The predicted octanol–water partition coefficient (Wildman–Crippen LogP) is 3.91. The first kappa shape index (κ1) is 17.4. The van der Waals surface area contributed by atoms with Gasteiger partial charge in [0.05, 0.1) is 19.5 Å². The number of hydrogen-bond acceptors (Lipinski definition) is 3. The Hall–Kier alpha value is -2.99. The fourth-order valence-corrected chi connectivity index (χ4v) is 3.80. The normalized spacial score (nSPS) is 12.9. The number of carbonyl (C=O) groups excluding carboxylic acids is 2. The molecule has 0 unspecified atom stereocenters. The van der Waals surface area contributed by atoms with Crippen molar-refractivity contribution in [2.75, 3.05) is 4.90 Å². The number of amides is 2. The molecule has 0 atom stereocenters. The highest BCUT2D eigenvalue weighted by Crippen LogP contribution is 2.31. The topological polar surface area (TPSA) is 49.4 Å². The van der Waals surface area contributed by atoms with Crippen molar-refractivity contribution in [3.63, 3.8) is 0 Å². The Morgan fingerprint density at radius 3 is 2.70 bits per heavy atom. The van der Waals surface area contributed by atoms with E-state index in [4.69, 9.17) is 0 Å². The molecule has 1 aliphatic rings. The summed E-state index contributed by atoms with van der Waals surface area (Å²) in [7, 11) is 0. The van der Waals surface area contributed by atoms with Crippen LogP contribution in [0.5, 0.6) is 0 Å². The number of fused-ring (bicyclic) bond motifs is 1. The zero-order valence-corrected chi connectivity index (χ0v) is 15.3. The molecule has 0 aliphatic carbocycles. The van der Waals surface area contributed by atoms with Gasteiger partial charge < -0.3 is 10.2 Å². The number of hydrogen-bond donors (Lipinski definition) is 1. The maximum absolute atomic E-state index is 13.1. The Bertz CT molecular complexity index is 984. The molecule has 0 bridgehead atoms. The molecule has 2 heterocycles. The van der Waals surface area contributed by atoms with E-state index in [1.165, 1.54) is 12.1 Å². The third kappa shape index (κ3) is 3.75. The number of anilines is 1.